The summed E-state index contributed by atoms with van der Waals surface area (Å²) in [5.41, 5.74) is -1.76. The normalized spacial score (nSPS) is 43.2. The van der Waals surface area contributed by atoms with Crippen LogP contribution in [0.2, 0.25) is 0 Å². The van der Waals surface area contributed by atoms with E-state index >= 15 is 0 Å². The molecule has 4 rings (SSSR count). The number of aliphatic hydroxyl groups is 2. The molecular formula is C22H32O4. The van der Waals surface area contributed by atoms with Crippen molar-refractivity contribution >= 4 is 11.6 Å². The summed E-state index contributed by atoms with van der Waals surface area (Å²) in [5, 5.41) is 22.1. The zero-order chi connectivity index (χ0) is 20.0. The molecule has 1 saturated carbocycles. The molecule has 4 aliphatic carbocycles. The van der Waals surface area contributed by atoms with E-state index in [0.717, 1.165) is 11.1 Å². The molecule has 0 aromatic heterocycles. The minimum Gasteiger partial charge on any atom is -0.382 e. The van der Waals surface area contributed by atoms with Gasteiger partial charge in [-0.15, -0.1) is 0 Å². The van der Waals surface area contributed by atoms with Gasteiger partial charge in [0.15, 0.2) is 11.6 Å². The molecule has 0 unspecified atom stereocenters. The smallest absolute Gasteiger partial charge is 0.187 e. The predicted octanol–water partition coefficient (Wildman–Crippen LogP) is 3.08. The lowest BCUT2D eigenvalue weighted by Crippen LogP contribution is -2.69. The summed E-state index contributed by atoms with van der Waals surface area (Å²) < 4.78 is 0. The minimum absolute atomic E-state index is 0.184. The highest BCUT2D eigenvalue weighted by molar-refractivity contribution is 6.02. The van der Waals surface area contributed by atoms with Crippen molar-refractivity contribution in [3.63, 3.8) is 0 Å². The monoisotopic (exact) mass is 360 g/mol. The first-order valence-corrected chi connectivity index (χ1v) is 9.50. The second-order valence-corrected chi connectivity index (χ2v) is 10.8. The van der Waals surface area contributed by atoms with Gasteiger partial charge in [0.25, 0.3) is 0 Å². The molecule has 1 fully saturated rings. The number of carbonyl (C=O) groups excluding carboxylic acids is 2. The van der Waals surface area contributed by atoms with Gasteiger partial charge in [-0.2, -0.15) is 0 Å². The van der Waals surface area contributed by atoms with Crippen LogP contribution >= 0.6 is 0 Å². The molecule has 0 spiro atoms. The Morgan fingerprint density at radius 2 is 1.38 bits per heavy atom. The molecule has 4 heteroatoms. The molecule has 4 aliphatic rings. The lowest BCUT2D eigenvalue weighted by Gasteiger charge is -2.61. The highest BCUT2D eigenvalue weighted by Gasteiger charge is 2.67. The van der Waals surface area contributed by atoms with E-state index in [0.29, 0.717) is 0 Å². The maximum absolute atomic E-state index is 13.3. The van der Waals surface area contributed by atoms with Crippen molar-refractivity contribution in [1.29, 1.82) is 0 Å². The van der Waals surface area contributed by atoms with E-state index in [2.05, 4.69) is 20.8 Å². The first-order chi connectivity index (χ1) is 11.5. The Morgan fingerprint density at radius 3 is 1.85 bits per heavy atom. The number of fused-ring (bicyclic) bond motifs is 1. The topological polar surface area (TPSA) is 74.6 Å². The number of ketones is 2. The van der Waals surface area contributed by atoms with Crippen molar-refractivity contribution in [2.24, 2.45) is 34.5 Å². The Balaban J connectivity index is 2.33. The first kappa shape index (κ1) is 19.5. The third-order valence-electron chi connectivity index (χ3n) is 6.78. The van der Waals surface area contributed by atoms with Crippen molar-refractivity contribution in [3.05, 3.63) is 23.3 Å². The van der Waals surface area contributed by atoms with Crippen molar-refractivity contribution in [3.8, 4) is 0 Å². The third kappa shape index (κ3) is 2.41. The molecule has 0 amide bonds. The maximum atomic E-state index is 13.3. The van der Waals surface area contributed by atoms with Gasteiger partial charge in [0.05, 0.1) is 0 Å². The van der Waals surface area contributed by atoms with E-state index in [-0.39, 0.29) is 28.3 Å². The van der Waals surface area contributed by atoms with Crippen LogP contribution < -0.4 is 0 Å². The standard InChI is InChI=1S/C22H32O4/c1-19(2,3)11-9-13-17-15(16(11)18(24)21(13,7)25)12(20(4,5)6)10-14(23)22(17,8)26/h9-10,13,15-17,25-26H,1-8H3/t13-,15-,16+,17+,21+,22-/m0/s1. The molecule has 6 atom stereocenters. The fourth-order valence-corrected chi connectivity index (χ4v) is 5.37. The van der Waals surface area contributed by atoms with Gasteiger partial charge in [0, 0.05) is 23.7 Å². The van der Waals surface area contributed by atoms with Crippen molar-refractivity contribution in [1.82, 2.24) is 0 Å². The summed E-state index contributed by atoms with van der Waals surface area (Å²) in [5.74, 6) is -2.37. The van der Waals surface area contributed by atoms with E-state index in [1.54, 1.807) is 6.08 Å². The molecule has 0 aromatic carbocycles. The number of Topliss-reactive ketones (excluding diaryl/α,β-unsaturated/α-hetero) is 1. The second-order valence-electron chi connectivity index (χ2n) is 10.8. The summed E-state index contributed by atoms with van der Waals surface area (Å²) in [7, 11) is 0. The molecule has 144 valence electrons. The van der Waals surface area contributed by atoms with Gasteiger partial charge in [-0.1, -0.05) is 58.8 Å². The van der Waals surface area contributed by atoms with E-state index in [1.165, 1.54) is 13.8 Å². The summed E-state index contributed by atoms with van der Waals surface area (Å²) in [6, 6.07) is 0. The highest BCUT2D eigenvalue weighted by atomic mass is 16.3. The molecule has 0 aliphatic heterocycles. The summed E-state index contributed by atoms with van der Waals surface area (Å²) in [6.07, 6.45) is 3.53. The van der Waals surface area contributed by atoms with Gasteiger partial charge in [0.2, 0.25) is 0 Å². The predicted molar refractivity (Wildman–Crippen MR) is 100 cm³/mol. The van der Waals surface area contributed by atoms with Crippen LogP contribution in [-0.2, 0) is 9.59 Å². The summed E-state index contributed by atoms with van der Waals surface area (Å²) >= 11 is 0. The average Bonchev–Trinajstić information content (AvgIpc) is 2.44. The van der Waals surface area contributed by atoms with Crippen LogP contribution in [0.4, 0.5) is 0 Å². The summed E-state index contributed by atoms with van der Waals surface area (Å²) in [6.45, 7) is 15.4. The van der Waals surface area contributed by atoms with E-state index in [4.69, 9.17) is 0 Å². The van der Waals surface area contributed by atoms with Crippen LogP contribution in [0.25, 0.3) is 0 Å². The Morgan fingerprint density at radius 1 is 0.885 bits per heavy atom. The third-order valence-corrected chi connectivity index (χ3v) is 6.78. The largest absolute Gasteiger partial charge is 0.382 e. The molecule has 0 saturated heterocycles. The zero-order valence-corrected chi connectivity index (χ0v) is 17.2. The Bertz CT molecular complexity index is 737. The van der Waals surface area contributed by atoms with Crippen LogP contribution in [0.3, 0.4) is 0 Å². The molecule has 0 aromatic rings. The van der Waals surface area contributed by atoms with E-state index in [1.807, 2.05) is 26.8 Å². The molecule has 4 nitrogen and oxygen atoms in total. The lowest BCUT2D eigenvalue weighted by molar-refractivity contribution is -0.179. The first-order valence-electron chi connectivity index (χ1n) is 9.50. The average molecular weight is 360 g/mol. The Labute approximate surface area is 156 Å². The van der Waals surface area contributed by atoms with Crippen LogP contribution in [-0.4, -0.2) is 33.0 Å². The fraction of sp³-hybridized carbons (Fsp3) is 0.727. The van der Waals surface area contributed by atoms with Crippen LogP contribution in [0.1, 0.15) is 55.4 Å². The zero-order valence-electron chi connectivity index (χ0n) is 17.2. The van der Waals surface area contributed by atoms with Gasteiger partial charge >= 0.3 is 0 Å². The number of carbonyl (C=O) groups is 2. The highest BCUT2D eigenvalue weighted by Crippen LogP contribution is 2.62. The van der Waals surface area contributed by atoms with E-state index < -0.39 is 29.0 Å². The number of hydrogen-bond donors (Lipinski definition) is 2. The van der Waals surface area contributed by atoms with Gasteiger partial charge < -0.3 is 10.2 Å². The number of allylic oxidation sites excluding steroid dienone is 2. The molecule has 0 heterocycles. The van der Waals surface area contributed by atoms with Gasteiger partial charge in [0.1, 0.15) is 11.2 Å². The van der Waals surface area contributed by atoms with Gasteiger partial charge in [-0.25, -0.2) is 0 Å². The quantitative estimate of drug-likeness (QED) is 0.651. The van der Waals surface area contributed by atoms with Crippen molar-refractivity contribution < 1.29 is 19.8 Å². The second kappa shape index (κ2) is 5.17. The van der Waals surface area contributed by atoms with E-state index in [9.17, 15) is 19.8 Å². The van der Waals surface area contributed by atoms with Crippen molar-refractivity contribution in [2.75, 3.05) is 0 Å². The fourth-order valence-electron chi connectivity index (χ4n) is 5.37. The van der Waals surface area contributed by atoms with Gasteiger partial charge in [-0.05, 0) is 30.8 Å². The Hall–Kier alpha value is -1.26. The molecule has 2 N–H and O–H groups in total. The van der Waals surface area contributed by atoms with Crippen LogP contribution in [0, 0.1) is 34.5 Å². The van der Waals surface area contributed by atoms with Crippen LogP contribution in [0.5, 0.6) is 0 Å². The molecular weight excluding hydrogens is 328 g/mol. The van der Waals surface area contributed by atoms with Crippen LogP contribution in [0.15, 0.2) is 23.3 Å². The number of rotatable bonds is 0. The Kier molecular flexibility index (Phi) is 3.88. The van der Waals surface area contributed by atoms with Crippen molar-refractivity contribution in [2.45, 2.75) is 66.6 Å². The molecule has 26 heavy (non-hydrogen) atoms. The maximum Gasteiger partial charge on any atom is 0.187 e. The molecule has 0 radical (unpaired) electrons. The lowest BCUT2D eigenvalue weighted by atomic mass is 9.43. The number of hydrogen-bond acceptors (Lipinski definition) is 4. The SMILES string of the molecule is CC(C)(C)C1=C[C@H]2[C@@H]3[C@@H](C(C(C)(C)C)=CC(=O)[C@]3(C)O)[C@@H]1C(=O)[C@]2(C)O. The summed E-state index contributed by atoms with van der Waals surface area (Å²) in [4.78, 5) is 26.1. The van der Waals surface area contributed by atoms with Gasteiger partial charge in [-0.3, -0.25) is 9.59 Å². The molecule has 2 bridgehead atoms. The minimum atomic E-state index is -1.59.